The van der Waals surface area contributed by atoms with Gasteiger partial charge in [-0.3, -0.25) is 0 Å². The fourth-order valence-corrected chi connectivity index (χ4v) is 2.63. The molecule has 0 atom stereocenters. The van der Waals surface area contributed by atoms with Gasteiger partial charge in [-0.2, -0.15) is 8.78 Å². The molecular formula is C16H24F2N2O. The smallest absolute Gasteiger partial charge is 0.387 e. The fraction of sp³-hybridized carbons (Fsp3) is 0.625. The van der Waals surface area contributed by atoms with E-state index >= 15 is 0 Å². The van der Waals surface area contributed by atoms with Crippen LogP contribution >= 0.6 is 0 Å². The molecule has 0 radical (unpaired) electrons. The Morgan fingerprint density at radius 1 is 1.10 bits per heavy atom. The van der Waals surface area contributed by atoms with Crippen molar-refractivity contribution in [2.75, 3.05) is 26.2 Å². The molecule has 1 N–H and O–H groups in total. The minimum absolute atomic E-state index is 0.207. The Kier molecular flexibility index (Phi) is 6.89. The summed E-state index contributed by atoms with van der Waals surface area (Å²) in [5, 5.41) is 3.39. The number of alkyl halides is 2. The van der Waals surface area contributed by atoms with Crippen LogP contribution in [0.4, 0.5) is 8.78 Å². The molecule has 1 saturated heterocycles. The third-order valence-corrected chi connectivity index (χ3v) is 3.75. The number of nitrogens with one attached hydrogen (secondary N) is 1. The summed E-state index contributed by atoms with van der Waals surface area (Å²) in [6, 6.07) is 6.79. The van der Waals surface area contributed by atoms with Crippen LogP contribution in [0.25, 0.3) is 0 Å². The van der Waals surface area contributed by atoms with E-state index in [1.165, 1.54) is 32.4 Å². The van der Waals surface area contributed by atoms with Crippen LogP contribution < -0.4 is 10.1 Å². The van der Waals surface area contributed by atoms with E-state index in [1.54, 1.807) is 12.1 Å². The maximum atomic E-state index is 12.0. The third-order valence-electron chi connectivity index (χ3n) is 3.75. The molecule has 2 rings (SSSR count). The van der Waals surface area contributed by atoms with Crippen molar-refractivity contribution in [1.29, 1.82) is 0 Å². The highest BCUT2D eigenvalue weighted by atomic mass is 19.3. The highest BCUT2D eigenvalue weighted by Gasteiger charge is 2.08. The van der Waals surface area contributed by atoms with E-state index in [9.17, 15) is 8.78 Å². The van der Waals surface area contributed by atoms with Crippen molar-refractivity contribution in [2.24, 2.45) is 0 Å². The normalized spacial score (nSPS) is 16.3. The lowest BCUT2D eigenvalue weighted by molar-refractivity contribution is -0.0498. The van der Waals surface area contributed by atoms with Crippen LogP contribution in [-0.4, -0.2) is 37.7 Å². The first-order chi connectivity index (χ1) is 10.2. The second kappa shape index (κ2) is 8.95. The van der Waals surface area contributed by atoms with E-state index in [-0.39, 0.29) is 5.75 Å². The molecule has 0 aromatic heterocycles. The molecule has 0 bridgehead atoms. The lowest BCUT2D eigenvalue weighted by Crippen LogP contribution is -2.32. The van der Waals surface area contributed by atoms with Gasteiger partial charge in [0.25, 0.3) is 0 Å². The monoisotopic (exact) mass is 298 g/mol. The largest absolute Gasteiger partial charge is 0.435 e. The van der Waals surface area contributed by atoms with Crippen molar-refractivity contribution in [2.45, 2.75) is 38.8 Å². The molecule has 3 nitrogen and oxygen atoms in total. The summed E-state index contributed by atoms with van der Waals surface area (Å²) in [7, 11) is 0. The van der Waals surface area contributed by atoms with Crippen molar-refractivity contribution in [1.82, 2.24) is 10.2 Å². The van der Waals surface area contributed by atoms with Crippen LogP contribution in [0.1, 0.15) is 31.2 Å². The highest BCUT2D eigenvalue weighted by Crippen LogP contribution is 2.14. The molecule has 0 amide bonds. The maximum Gasteiger partial charge on any atom is 0.387 e. The number of rotatable bonds is 8. The minimum Gasteiger partial charge on any atom is -0.435 e. The average Bonchev–Trinajstić information content (AvgIpc) is 2.49. The lowest BCUT2D eigenvalue weighted by Gasteiger charge is -2.26. The van der Waals surface area contributed by atoms with Crippen molar-refractivity contribution in [3.63, 3.8) is 0 Å². The molecule has 1 aliphatic rings. The number of hydrogen-bond acceptors (Lipinski definition) is 3. The quantitative estimate of drug-likeness (QED) is 0.746. The third kappa shape index (κ3) is 6.40. The standard InChI is InChI=1S/C16H24F2N2O/c17-16(18)21-15-7-5-14(6-8-15)13-19-9-4-12-20-10-2-1-3-11-20/h5-8,16,19H,1-4,9-13H2. The number of halogens is 2. The van der Waals surface area contributed by atoms with Gasteiger partial charge in [-0.15, -0.1) is 0 Å². The first-order valence-corrected chi connectivity index (χ1v) is 7.71. The van der Waals surface area contributed by atoms with Gasteiger partial charge in [-0.1, -0.05) is 18.6 Å². The molecule has 0 saturated carbocycles. The molecule has 1 aromatic rings. The zero-order chi connectivity index (χ0) is 14.9. The summed E-state index contributed by atoms with van der Waals surface area (Å²) in [4.78, 5) is 2.53. The molecule has 118 valence electrons. The second-order valence-electron chi connectivity index (χ2n) is 5.46. The van der Waals surface area contributed by atoms with Crippen LogP contribution in [0.2, 0.25) is 0 Å². The molecule has 1 heterocycles. The number of likely N-dealkylation sites (tertiary alicyclic amines) is 1. The highest BCUT2D eigenvalue weighted by molar-refractivity contribution is 5.27. The van der Waals surface area contributed by atoms with Gasteiger partial charge in [-0.05, 0) is 63.1 Å². The second-order valence-corrected chi connectivity index (χ2v) is 5.46. The van der Waals surface area contributed by atoms with E-state index in [0.29, 0.717) is 0 Å². The molecule has 1 aliphatic heterocycles. The number of nitrogens with zero attached hydrogens (tertiary/aromatic N) is 1. The van der Waals surface area contributed by atoms with E-state index < -0.39 is 6.61 Å². The van der Waals surface area contributed by atoms with Gasteiger partial charge in [0.1, 0.15) is 5.75 Å². The fourth-order valence-electron chi connectivity index (χ4n) is 2.63. The van der Waals surface area contributed by atoms with Gasteiger partial charge >= 0.3 is 6.61 Å². The summed E-state index contributed by atoms with van der Waals surface area (Å²) >= 11 is 0. The average molecular weight is 298 g/mol. The van der Waals surface area contributed by atoms with Crippen LogP contribution in [0.15, 0.2) is 24.3 Å². The molecule has 5 heteroatoms. The Morgan fingerprint density at radius 3 is 2.48 bits per heavy atom. The number of piperidine rings is 1. The van der Waals surface area contributed by atoms with E-state index in [0.717, 1.165) is 31.6 Å². The van der Waals surface area contributed by atoms with Gasteiger partial charge in [0, 0.05) is 6.54 Å². The molecule has 21 heavy (non-hydrogen) atoms. The Bertz CT molecular complexity index is 392. The maximum absolute atomic E-state index is 12.0. The predicted octanol–water partition coefficient (Wildman–Crippen LogP) is 3.25. The van der Waals surface area contributed by atoms with Crippen LogP contribution in [0.3, 0.4) is 0 Å². The summed E-state index contributed by atoms with van der Waals surface area (Å²) in [6.07, 6.45) is 5.19. The van der Waals surface area contributed by atoms with Crippen molar-refractivity contribution < 1.29 is 13.5 Å². The predicted molar refractivity (Wildman–Crippen MR) is 79.7 cm³/mol. The van der Waals surface area contributed by atoms with E-state index in [4.69, 9.17) is 0 Å². The zero-order valence-corrected chi connectivity index (χ0v) is 12.4. The van der Waals surface area contributed by atoms with Gasteiger partial charge in [0.2, 0.25) is 0 Å². The summed E-state index contributed by atoms with van der Waals surface area (Å²) in [6.45, 7) is 2.62. The van der Waals surface area contributed by atoms with Gasteiger partial charge in [-0.25, -0.2) is 0 Å². The van der Waals surface area contributed by atoms with Crippen LogP contribution in [0.5, 0.6) is 5.75 Å². The molecule has 0 aliphatic carbocycles. The first-order valence-electron chi connectivity index (χ1n) is 7.71. The Hall–Kier alpha value is -1.20. The van der Waals surface area contributed by atoms with Crippen molar-refractivity contribution in [3.05, 3.63) is 29.8 Å². The topological polar surface area (TPSA) is 24.5 Å². The van der Waals surface area contributed by atoms with E-state index in [1.807, 2.05) is 12.1 Å². The number of ether oxygens (including phenoxy) is 1. The Labute approximate surface area is 125 Å². The van der Waals surface area contributed by atoms with Crippen LogP contribution in [0, 0.1) is 0 Å². The summed E-state index contributed by atoms with van der Waals surface area (Å²) < 4.78 is 28.4. The molecule has 0 spiro atoms. The number of hydrogen-bond donors (Lipinski definition) is 1. The Morgan fingerprint density at radius 2 is 1.81 bits per heavy atom. The first kappa shape index (κ1) is 16.2. The summed E-state index contributed by atoms with van der Waals surface area (Å²) in [5.74, 6) is 0.207. The van der Waals surface area contributed by atoms with Gasteiger partial charge in [0.15, 0.2) is 0 Å². The zero-order valence-electron chi connectivity index (χ0n) is 12.4. The van der Waals surface area contributed by atoms with Crippen LogP contribution in [-0.2, 0) is 6.54 Å². The van der Waals surface area contributed by atoms with Crippen molar-refractivity contribution >= 4 is 0 Å². The molecule has 0 unspecified atom stereocenters. The molecule has 1 fully saturated rings. The molecule has 1 aromatic carbocycles. The van der Waals surface area contributed by atoms with Crippen molar-refractivity contribution in [3.8, 4) is 5.75 Å². The molecular weight excluding hydrogens is 274 g/mol. The van der Waals surface area contributed by atoms with Gasteiger partial charge < -0.3 is 15.0 Å². The minimum atomic E-state index is -2.76. The van der Waals surface area contributed by atoms with E-state index in [2.05, 4.69) is 15.0 Å². The Balaban J connectivity index is 1.57. The summed E-state index contributed by atoms with van der Waals surface area (Å²) in [5.41, 5.74) is 1.08. The SMILES string of the molecule is FC(F)Oc1ccc(CNCCCN2CCCCC2)cc1. The lowest BCUT2D eigenvalue weighted by atomic mass is 10.1. The van der Waals surface area contributed by atoms with Gasteiger partial charge in [0.05, 0.1) is 0 Å². The number of benzene rings is 1.